The second-order valence-corrected chi connectivity index (χ2v) is 8.63. The molecule has 150 valence electrons. The van der Waals surface area contributed by atoms with Crippen LogP contribution in [0.1, 0.15) is 27.0 Å². The molecule has 0 unspecified atom stereocenters. The van der Waals surface area contributed by atoms with Crippen LogP contribution in [0.15, 0.2) is 60.7 Å². The molecule has 1 heterocycles. The number of rotatable bonds is 3. The monoisotopic (exact) mass is 431 g/mol. The number of aryl methyl sites for hydroxylation is 2. The van der Waals surface area contributed by atoms with E-state index in [-0.39, 0.29) is 11.0 Å². The molecule has 1 aromatic heterocycles. The van der Waals surface area contributed by atoms with Gasteiger partial charge >= 0.3 is 0 Å². The number of anilines is 1. The Bertz CT molecular complexity index is 1240. The van der Waals surface area contributed by atoms with Gasteiger partial charge in [0.25, 0.3) is 5.91 Å². The fourth-order valence-corrected chi connectivity index (χ4v) is 4.63. The van der Waals surface area contributed by atoms with E-state index in [0.717, 1.165) is 43.2 Å². The summed E-state index contributed by atoms with van der Waals surface area (Å²) in [5, 5.41) is 7.17. The number of hydrogen-bond donors (Lipinski definition) is 2. The minimum absolute atomic E-state index is 0.218. The van der Waals surface area contributed by atoms with Crippen LogP contribution >= 0.6 is 23.6 Å². The van der Waals surface area contributed by atoms with E-state index in [1.807, 2.05) is 69.3 Å². The van der Waals surface area contributed by atoms with Crippen molar-refractivity contribution in [1.82, 2.24) is 10.3 Å². The van der Waals surface area contributed by atoms with Crippen molar-refractivity contribution in [3.8, 4) is 10.6 Å². The molecule has 4 aromatic rings. The number of nitrogens with one attached hydrogen (secondary N) is 2. The van der Waals surface area contributed by atoms with Gasteiger partial charge in [0.15, 0.2) is 5.11 Å². The Balaban J connectivity index is 1.54. The van der Waals surface area contributed by atoms with E-state index in [4.69, 9.17) is 17.2 Å². The van der Waals surface area contributed by atoms with Gasteiger partial charge in [0.05, 0.1) is 10.2 Å². The van der Waals surface area contributed by atoms with Crippen molar-refractivity contribution in [3.05, 3.63) is 82.9 Å². The number of carbonyl (C=O) groups excluding carboxylic acids is 1. The summed E-state index contributed by atoms with van der Waals surface area (Å²) in [4.78, 5) is 17.4. The molecular formula is C24H21N3OS2. The number of nitrogens with zero attached hydrogens (tertiary/aromatic N) is 1. The first kappa shape index (κ1) is 20.2. The first-order valence-electron chi connectivity index (χ1n) is 9.57. The molecule has 0 fully saturated rings. The lowest BCUT2D eigenvalue weighted by Gasteiger charge is -2.14. The molecule has 0 saturated heterocycles. The van der Waals surface area contributed by atoms with Crippen LogP contribution in [0.2, 0.25) is 0 Å². The molecule has 1 amide bonds. The average molecular weight is 432 g/mol. The van der Waals surface area contributed by atoms with E-state index >= 15 is 0 Å². The number of amides is 1. The lowest BCUT2D eigenvalue weighted by atomic mass is 10.1. The van der Waals surface area contributed by atoms with Gasteiger partial charge in [-0.3, -0.25) is 10.1 Å². The molecule has 0 atom stereocenters. The highest BCUT2D eigenvalue weighted by Crippen LogP contribution is 2.34. The minimum Gasteiger partial charge on any atom is -0.332 e. The highest BCUT2D eigenvalue weighted by molar-refractivity contribution is 7.80. The Hall–Kier alpha value is -3.09. The van der Waals surface area contributed by atoms with Gasteiger partial charge in [-0.25, -0.2) is 4.98 Å². The van der Waals surface area contributed by atoms with Crippen molar-refractivity contribution >= 4 is 50.5 Å². The fourth-order valence-electron chi connectivity index (χ4n) is 3.38. The predicted molar refractivity (Wildman–Crippen MR) is 129 cm³/mol. The zero-order valence-corrected chi connectivity index (χ0v) is 18.6. The van der Waals surface area contributed by atoms with Crippen LogP contribution in [0, 0.1) is 20.8 Å². The van der Waals surface area contributed by atoms with Crippen LogP contribution in [0.3, 0.4) is 0 Å². The van der Waals surface area contributed by atoms with Crippen molar-refractivity contribution in [2.75, 3.05) is 5.32 Å². The molecule has 4 nitrogen and oxygen atoms in total. The predicted octanol–water partition coefficient (Wildman–Crippen LogP) is 6.02. The maximum Gasteiger partial charge on any atom is 0.257 e. The lowest BCUT2D eigenvalue weighted by molar-refractivity contribution is 0.0977. The lowest BCUT2D eigenvalue weighted by Crippen LogP contribution is -2.34. The molecule has 6 heteroatoms. The molecule has 0 bridgehead atoms. The number of benzene rings is 3. The van der Waals surface area contributed by atoms with Crippen molar-refractivity contribution < 1.29 is 4.79 Å². The highest BCUT2D eigenvalue weighted by atomic mass is 32.1. The SMILES string of the molecule is Cc1ccc(C(=O)NC(=S)Nc2cccc(-c3nc4ccccc4s3)c2C)c(C)c1. The van der Waals surface area contributed by atoms with E-state index in [1.54, 1.807) is 11.3 Å². The second kappa shape index (κ2) is 8.34. The molecule has 0 aliphatic heterocycles. The summed E-state index contributed by atoms with van der Waals surface area (Å²) in [5.74, 6) is -0.218. The van der Waals surface area contributed by atoms with Crippen molar-refractivity contribution in [1.29, 1.82) is 0 Å². The first-order chi connectivity index (χ1) is 14.4. The normalized spacial score (nSPS) is 10.8. The Kier molecular flexibility index (Phi) is 5.61. The van der Waals surface area contributed by atoms with Crippen molar-refractivity contribution in [2.24, 2.45) is 0 Å². The number of aromatic nitrogens is 1. The molecule has 0 aliphatic rings. The summed E-state index contributed by atoms with van der Waals surface area (Å²) in [6.45, 7) is 5.95. The molecule has 3 aromatic carbocycles. The van der Waals surface area contributed by atoms with E-state index in [1.165, 1.54) is 0 Å². The van der Waals surface area contributed by atoms with Gasteiger partial charge in [0, 0.05) is 16.8 Å². The zero-order chi connectivity index (χ0) is 21.3. The summed E-state index contributed by atoms with van der Waals surface area (Å²) in [5.41, 5.74) is 6.56. The fraction of sp³-hybridized carbons (Fsp3) is 0.125. The van der Waals surface area contributed by atoms with Gasteiger partial charge in [0.2, 0.25) is 0 Å². The van der Waals surface area contributed by atoms with Crippen LogP contribution in [-0.2, 0) is 0 Å². The Morgan fingerprint density at radius 1 is 1.00 bits per heavy atom. The van der Waals surface area contributed by atoms with Gasteiger partial charge in [-0.2, -0.15) is 0 Å². The second-order valence-electron chi connectivity index (χ2n) is 7.19. The standard InChI is InChI=1S/C24H21N3OS2/c1-14-11-12-17(15(2)13-14)22(28)27-24(29)26-19-9-6-7-18(16(19)3)23-25-20-8-4-5-10-21(20)30-23/h4-13H,1-3H3,(H2,26,27,28,29). The topological polar surface area (TPSA) is 54.0 Å². The average Bonchev–Trinajstić information content (AvgIpc) is 3.13. The molecule has 0 aliphatic carbocycles. The summed E-state index contributed by atoms with van der Waals surface area (Å²) >= 11 is 7.06. The van der Waals surface area contributed by atoms with Gasteiger partial charge in [0.1, 0.15) is 5.01 Å². The van der Waals surface area contributed by atoms with Gasteiger partial charge in [-0.1, -0.05) is 42.0 Å². The maximum absolute atomic E-state index is 12.6. The quantitative estimate of drug-likeness (QED) is 0.390. The molecule has 2 N–H and O–H groups in total. The third-order valence-electron chi connectivity index (χ3n) is 4.96. The molecular weight excluding hydrogens is 410 g/mol. The van der Waals surface area contributed by atoms with Crippen LogP contribution < -0.4 is 10.6 Å². The molecule has 0 spiro atoms. The largest absolute Gasteiger partial charge is 0.332 e. The van der Waals surface area contributed by atoms with Gasteiger partial charge in [-0.15, -0.1) is 11.3 Å². The maximum atomic E-state index is 12.6. The van der Waals surface area contributed by atoms with Crippen LogP contribution in [0.25, 0.3) is 20.8 Å². The third kappa shape index (κ3) is 4.10. The van der Waals surface area contributed by atoms with E-state index < -0.39 is 0 Å². The Morgan fingerprint density at radius 2 is 1.80 bits per heavy atom. The number of hydrogen-bond acceptors (Lipinski definition) is 4. The van der Waals surface area contributed by atoms with Crippen LogP contribution in [-0.4, -0.2) is 16.0 Å². The highest BCUT2D eigenvalue weighted by Gasteiger charge is 2.14. The van der Waals surface area contributed by atoms with Gasteiger partial charge in [-0.05, 0) is 68.4 Å². The first-order valence-corrected chi connectivity index (χ1v) is 10.8. The zero-order valence-electron chi connectivity index (χ0n) is 16.9. The van der Waals surface area contributed by atoms with Crippen LogP contribution in [0.4, 0.5) is 5.69 Å². The van der Waals surface area contributed by atoms with Crippen LogP contribution in [0.5, 0.6) is 0 Å². The van der Waals surface area contributed by atoms with Crippen molar-refractivity contribution in [2.45, 2.75) is 20.8 Å². The van der Waals surface area contributed by atoms with Gasteiger partial charge < -0.3 is 5.32 Å². The van der Waals surface area contributed by atoms with E-state index in [0.29, 0.717) is 5.56 Å². The number of carbonyl (C=O) groups is 1. The summed E-state index contributed by atoms with van der Waals surface area (Å²) in [6, 6.07) is 19.8. The summed E-state index contributed by atoms with van der Waals surface area (Å²) in [7, 11) is 0. The number of thiocarbonyl (C=S) groups is 1. The van der Waals surface area contributed by atoms with E-state index in [9.17, 15) is 4.79 Å². The number of para-hydroxylation sites is 1. The number of thiazole rings is 1. The third-order valence-corrected chi connectivity index (χ3v) is 6.23. The van der Waals surface area contributed by atoms with Crippen molar-refractivity contribution in [3.63, 3.8) is 0 Å². The summed E-state index contributed by atoms with van der Waals surface area (Å²) < 4.78 is 1.15. The van der Waals surface area contributed by atoms with E-state index in [2.05, 4.69) is 22.8 Å². The molecule has 0 radical (unpaired) electrons. The molecule has 30 heavy (non-hydrogen) atoms. The Morgan fingerprint density at radius 3 is 2.57 bits per heavy atom. The molecule has 4 rings (SSSR count). The number of fused-ring (bicyclic) bond motifs is 1. The smallest absolute Gasteiger partial charge is 0.257 e. The molecule has 0 saturated carbocycles. The summed E-state index contributed by atoms with van der Waals surface area (Å²) in [6.07, 6.45) is 0. The minimum atomic E-state index is -0.218. The Labute approximate surface area is 185 Å².